The van der Waals surface area contributed by atoms with Gasteiger partial charge in [-0.15, -0.1) is 0 Å². The Labute approximate surface area is 153 Å². The molecule has 2 N–H and O–H groups in total. The van der Waals surface area contributed by atoms with Gasteiger partial charge in [0.1, 0.15) is 0 Å². The Hall–Kier alpha value is -2.57. The van der Waals surface area contributed by atoms with Crippen LogP contribution in [0, 0.1) is 11.8 Å². The van der Waals surface area contributed by atoms with Crippen molar-refractivity contribution in [1.29, 1.82) is 0 Å². The summed E-state index contributed by atoms with van der Waals surface area (Å²) in [4.78, 5) is 38.9. The molecule has 2 aliphatic heterocycles. The molecular formula is C19H25N3O4. The van der Waals surface area contributed by atoms with Crippen LogP contribution in [0.5, 0.6) is 0 Å². The summed E-state index contributed by atoms with van der Waals surface area (Å²) >= 11 is 0. The summed E-state index contributed by atoms with van der Waals surface area (Å²) in [5.74, 6) is -1.14. The first-order valence-electron chi connectivity index (χ1n) is 8.94. The van der Waals surface area contributed by atoms with Crippen molar-refractivity contribution in [2.75, 3.05) is 25.0 Å². The highest BCUT2D eigenvalue weighted by Crippen LogP contribution is 2.30. The van der Waals surface area contributed by atoms with E-state index in [-0.39, 0.29) is 30.4 Å². The summed E-state index contributed by atoms with van der Waals surface area (Å²) < 4.78 is 0. The molecule has 2 heterocycles. The van der Waals surface area contributed by atoms with E-state index in [2.05, 4.69) is 5.32 Å². The smallest absolute Gasteiger partial charge is 0.317 e. The number of nitrogens with one attached hydrogen (secondary N) is 1. The maximum absolute atomic E-state index is 12.6. The van der Waals surface area contributed by atoms with E-state index >= 15 is 0 Å². The molecule has 7 nitrogen and oxygen atoms in total. The number of urea groups is 1. The molecule has 0 radical (unpaired) electrons. The van der Waals surface area contributed by atoms with Crippen molar-refractivity contribution in [1.82, 2.24) is 10.2 Å². The molecule has 140 valence electrons. The van der Waals surface area contributed by atoms with Crippen molar-refractivity contribution in [3.63, 3.8) is 0 Å². The van der Waals surface area contributed by atoms with Crippen molar-refractivity contribution in [3.8, 4) is 0 Å². The third-order valence-corrected chi connectivity index (χ3v) is 5.32. The predicted molar refractivity (Wildman–Crippen MR) is 97.0 cm³/mol. The fourth-order valence-corrected chi connectivity index (χ4v) is 3.82. The monoisotopic (exact) mass is 359 g/mol. The number of carbonyl (C=O) groups excluding carboxylic acids is 2. The Morgan fingerprint density at radius 3 is 2.73 bits per heavy atom. The van der Waals surface area contributed by atoms with E-state index in [9.17, 15) is 19.5 Å². The lowest BCUT2D eigenvalue weighted by Crippen LogP contribution is -2.49. The van der Waals surface area contributed by atoms with Crippen LogP contribution in [-0.4, -0.2) is 48.1 Å². The van der Waals surface area contributed by atoms with Gasteiger partial charge in [0.25, 0.3) is 0 Å². The number of amides is 3. The molecule has 0 spiro atoms. The second kappa shape index (κ2) is 6.97. The summed E-state index contributed by atoms with van der Waals surface area (Å²) in [6, 6.07) is 5.30. The molecule has 26 heavy (non-hydrogen) atoms. The molecule has 1 aromatic carbocycles. The van der Waals surface area contributed by atoms with E-state index in [1.165, 1.54) is 0 Å². The van der Waals surface area contributed by atoms with Gasteiger partial charge in [0.15, 0.2) is 0 Å². The normalized spacial score (nSPS) is 23.6. The molecule has 0 saturated carbocycles. The van der Waals surface area contributed by atoms with Crippen molar-refractivity contribution < 1.29 is 19.5 Å². The van der Waals surface area contributed by atoms with Gasteiger partial charge in [-0.1, -0.05) is 19.1 Å². The maximum atomic E-state index is 12.6. The lowest BCUT2D eigenvalue weighted by atomic mass is 9.91. The van der Waals surface area contributed by atoms with Gasteiger partial charge in [-0.25, -0.2) is 4.79 Å². The Morgan fingerprint density at radius 2 is 2.04 bits per heavy atom. The third-order valence-electron chi connectivity index (χ3n) is 5.32. The molecule has 7 heteroatoms. The number of carboxylic acid groups (broad SMARTS) is 1. The number of anilines is 1. The van der Waals surface area contributed by atoms with Gasteiger partial charge >= 0.3 is 12.0 Å². The highest BCUT2D eigenvalue weighted by Gasteiger charge is 2.32. The van der Waals surface area contributed by atoms with E-state index in [4.69, 9.17) is 0 Å². The summed E-state index contributed by atoms with van der Waals surface area (Å²) in [7, 11) is 1.76. The topological polar surface area (TPSA) is 90.0 Å². The molecule has 3 rings (SSSR count). The average Bonchev–Trinajstić information content (AvgIpc) is 2.88. The van der Waals surface area contributed by atoms with Gasteiger partial charge in [0.2, 0.25) is 5.91 Å². The average molecular weight is 359 g/mol. The highest BCUT2D eigenvalue weighted by atomic mass is 16.4. The molecule has 0 aromatic heterocycles. The zero-order valence-electron chi connectivity index (χ0n) is 15.4. The van der Waals surface area contributed by atoms with Crippen LogP contribution >= 0.6 is 0 Å². The second-order valence-corrected chi connectivity index (χ2v) is 7.47. The van der Waals surface area contributed by atoms with E-state index < -0.39 is 11.9 Å². The molecule has 1 saturated heterocycles. The number of carboxylic acids is 1. The van der Waals surface area contributed by atoms with Crippen LogP contribution in [-0.2, 0) is 16.0 Å². The van der Waals surface area contributed by atoms with Gasteiger partial charge in [-0.05, 0) is 36.5 Å². The Morgan fingerprint density at radius 1 is 1.31 bits per heavy atom. The zero-order valence-corrected chi connectivity index (χ0v) is 15.4. The number of hydrogen-bond acceptors (Lipinski definition) is 3. The fourth-order valence-electron chi connectivity index (χ4n) is 3.82. The fraction of sp³-hybridized carbons (Fsp3) is 0.526. The van der Waals surface area contributed by atoms with E-state index in [0.717, 1.165) is 16.8 Å². The maximum Gasteiger partial charge on any atom is 0.317 e. The van der Waals surface area contributed by atoms with Crippen LogP contribution in [0.25, 0.3) is 0 Å². The summed E-state index contributed by atoms with van der Waals surface area (Å²) in [5, 5.41) is 12.2. The van der Waals surface area contributed by atoms with Gasteiger partial charge in [-0.2, -0.15) is 0 Å². The summed E-state index contributed by atoms with van der Waals surface area (Å²) in [6.45, 7) is 4.66. The molecule has 3 amide bonds. The molecule has 3 unspecified atom stereocenters. The largest absolute Gasteiger partial charge is 0.481 e. The van der Waals surface area contributed by atoms with Crippen molar-refractivity contribution >= 4 is 23.6 Å². The molecule has 2 aliphatic rings. The Bertz CT molecular complexity index is 748. The first kappa shape index (κ1) is 18.2. The number of piperidine rings is 1. The van der Waals surface area contributed by atoms with Crippen LogP contribution in [0.15, 0.2) is 18.2 Å². The van der Waals surface area contributed by atoms with Gasteiger partial charge in [0.05, 0.1) is 18.4 Å². The van der Waals surface area contributed by atoms with Crippen LogP contribution in [0.3, 0.4) is 0 Å². The number of rotatable bonds is 3. The second-order valence-electron chi connectivity index (χ2n) is 7.47. The van der Waals surface area contributed by atoms with Gasteiger partial charge in [0, 0.05) is 25.8 Å². The number of likely N-dealkylation sites (N-methyl/N-ethyl adjacent to an activating group) is 1. The van der Waals surface area contributed by atoms with Crippen molar-refractivity contribution in [3.05, 3.63) is 29.3 Å². The number of benzene rings is 1. The molecule has 1 aromatic rings. The minimum absolute atomic E-state index is 0.0656. The van der Waals surface area contributed by atoms with E-state index in [1.807, 2.05) is 32.0 Å². The number of hydrogen-bond donors (Lipinski definition) is 2. The molecular weight excluding hydrogens is 334 g/mol. The van der Waals surface area contributed by atoms with E-state index in [0.29, 0.717) is 19.4 Å². The minimum atomic E-state index is -0.852. The van der Waals surface area contributed by atoms with Gasteiger partial charge in [-0.3, -0.25) is 9.59 Å². The number of fused-ring (bicyclic) bond motifs is 1. The van der Waals surface area contributed by atoms with Gasteiger partial charge < -0.3 is 20.2 Å². The summed E-state index contributed by atoms with van der Waals surface area (Å²) in [6.07, 6.45) is 0.977. The van der Waals surface area contributed by atoms with Crippen LogP contribution in [0.2, 0.25) is 0 Å². The van der Waals surface area contributed by atoms with Crippen LogP contribution < -0.4 is 10.2 Å². The first-order chi connectivity index (χ1) is 12.3. The standard InChI is InChI=1S/C19H25N3O4/c1-11-6-15(18(24)25)10-22(9-11)19(26)20-12(2)13-4-5-16-14(7-13)8-17(23)21(16)3/h4-5,7,11-12,15H,6,8-10H2,1-3H3,(H,20,26)(H,24,25). The molecule has 0 aliphatic carbocycles. The number of nitrogens with zero attached hydrogens (tertiary/aromatic N) is 2. The van der Waals surface area contributed by atoms with E-state index in [1.54, 1.807) is 16.8 Å². The Balaban J connectivity index is 1.67. The lowest BCUT2D eigenvalue weighted by Gasteiger charge is -2.35. The third kappa shape index (κ3) is 3.52. The molecule has 0 bridgehead atoms. The SMILES string of the molecule is CC1CC(C(=O)O)CN(C(=O)NC(C)c2ccc3c(c2)CC(=O)N3C)C1. The number of likely N-dealkylation sites (tertiary alicyclic amines) is 1. The minimum Gasteiger partial charge on any atom is -0.481 e. The lowest BCUT2D eigenvalue weighted by molar-refractivity contribution is -0.143. The van der Waals surface area contributed by atoms with Crippen molar-refractivity contribution in [2.24, 2.45) is 11.8 Å². The van der Waals surface area contributed by atoms with Crippen LogP contribution in [0.1, 0.15) is 37.4 Å². The summed E-state index contributed by atoms with van der Waals surface area (Å²) in [5.41, 5.74) is 2.81. The molecule has 3 atom stereocenters. The predicted octanol–water partition coefficient (Wildman–Crippen LogP) is 2.02. The number of aliphatic carboxylic acids is 1. The Kier molecular flexibility index (Phi) is 4.89. The number of carbonyl (C=O) groups is 3. The molecule has 1 fully saturated rings. The highest BCUT2D eigenvalue weighted by molar-refractivity contribution is 6.00. The van der Waals surface area contributed by atoms with Crippen LogP contribution in [0.4, 0.5) is 10.5 Å². The van der Waals surface area contributed by atoms with Crippen molar-refractivity contribution in [2.45, 2.75) is 32.7 Å². The first-order valence-corrected chi connectivity index (χ1v) is 8.94. The quantitative estimate of drug-likeness (QED) is 0.864. The zero-order chi connectivity index (χ0) is 19.0.